The minimum atomic E-state index is -0.303. The molecule has 0 bridgehead atoms. The maximum atomic E-state index is 10.9. The van der Waals surface area contributed by atoms with E-state index in [1.54, 1.807) is 0 Å². The molecule has 1 aromatic rings. The van der Waals surface area contributed by atoms with E-state index in [-0.39, 0.29) is 5.69 Å². The van der Waals surface area contributed by atoms with E-state index in [1.807, 2.05) is 6.92 Å². The highest BCUT2D eigenvalue weighted by molar-refractivity contribution is 5.68. The van der Waals surface area contributed by atoms with Gasteiger partial charge >= 0.3 is 5.69 Å². The van der Waals surface area contributed by atoms with Gasteiger partial charge in [0.1, 0.15) is 0 Å². The molecule has 0 spiro atoms. The van der Waals surface area contributed by atoms with Crippen LogP contribution in [0.25, 0.3) is 0 Å². The molecule has 0 unspecified atom stereocenters. The smallest absolute Gasteiger partial charge is 0.347 e. The predicted molar refractivity (Wildman–Crippen MR) is 46.6 cm³/mol. The summed E-state index contributed by atoms with van der Waals surface area (Å²) in [5.41, 5.74) is 1.43. The third-order valence-corrected chi connectivity index (χ3v) is 1.84. The van der Waals surface area contributed by atoms with Crippen LogP contribution in [0.1, 0.15) is 5.69 Å². The Morgan fingerprint density at radius 1 is 1.33 bits per heavy atom. The van der Waals surface area contributed by atoms with Crippen LogP contribution in [0.4, 0.5) is 11.5 Å². The summed E-state index contributed by atoms with van der Waals surface area (Å²) in [4.78, 5) is 17.3. The van der Waals surface area contributed by atoms with Crippen molar-refractivity contribution in [3.63, 3.8) is 0 Å². The minimum absolute atomic E-state index is 0.303. The van der Waals surface area contributed by atoms with Gasteiger partial charge in [0.2, 0.25) is 0 Å². The Bertz CT molecular complexity index is 357. The number of fused-ring (bicyclic) bond motifs is 1. The minimum Gasteiger partial charge on any atom is -0.379 e. The molecule has 5 nitrogen and oxygen atoms in total. The van der Waals surface area contributed by atoms with Gasteiger partial charge in [-0.05, 0) is 6.92 Å². The first-order valence-corrected chi connectivity index (χ1v) is 3.86. The van der Waals surface area contributed by atoms with Crippen LogP contribution in [0.5, 0.6) is 0 Å². The van der Waals surface area contributed by atoms with Crippen LogP contribution in [0, 0.1) is 6.92 Å². The Morgan fingerprint density at radius 3 is 2.92 bits per heavy atom. The van der Waals surface area contributed by atoms with Gasteiger partial charge < -0.3 is 15.6 Å². The summed E-state index contributed by atoms with van der Waals surface area (Å²) in [6, 6.07) is 0. The first kappa shape index (κ1) is 7.15. The summed E-state index contributed by atoms with van der Waals surface area (Å²) in [5, 5.41) is 6.21. The summed E-state index contributed by atoms with van der Waals surface area (Å²) >= 11 is 0. The molecule has 0 radical (unpaired) electrons. The van der Waals surface area contributed by atoms with Crippen LogP contribution in [0.2, 0.25) is 0 Å². The summed E-state index contributed by atoms with van der Waals surface area (Å²) in [6.45, 7) is 3.52. The van der Waals surface area contributed by atoms with Crippen LogP contribution in [0.15, 0.2) is 4.79 Å². The molecule has 0 saturated carbocycles. The van der Waals surface area contributed by atoms with Crippen molar-refractivity contribution in [1.82, 2.24) is 9.97 Å². The molecule has 0 fully saturated rings. The fourth-order valence-electron chi connectivity index (χ4n) is 1.30. The Hall–Kier alpha value is -1.52. The van der Waals surface area contributed by atoms with Crippen molar-refractivity contribution < 1.29 is 0 Å². The van der Waals surface area contributed by atoms with Crippen LogP contribution in [-0.4, -0.2) is 23.1 Å². The van der Waals surface area contributed by atoms with E-state index in [2.05, 4.69) is 20.6 Å². The van der Waals surface area contributed by atoms with Crippen LogP contribution in [0.3, 0.4) is 0 Å². The Morgan fingerprint density at radius 2 is 2.08 bits per heavy atom. The molecule has 0 atom stereocenters. The average Bonchev–Trinajstić information content (AvgIpc) is 2.04. The standard InChI is InChI=1S/C7H10N4O/c1-4-5-6(9-3-2-8-5)11-7(12)10-4/h8H,2-3H2,1H3,(H2,9,10,11,12). The number of nitrogens with zero attached hydrogens (tertiary/aromatic N) is 1. The van der Waals surface area contributed by atoms with Gasteiger partial charge in [0.05, 0.1) is 5.69 Å². The lowest BCUT2D eigenvalue weighted by Gasteiger charge is -2.19. The van der Waals surface area contributed by atoms with E-state index in [1.165, 1.54) is 0 Å². The van der Waals surface area contributed by atoms with E-state index in [0.29, 0.717) is 5.82 Å². The van der Waals surface area contributed by atoms with Crippen molar-refractivity contribution in [3.8, 4) is 0 Å². The average molecular weight is 166 g/mol. The van der Waals surface area contributed by atoms with E-state index in [9.17, 15) is 4.79 Å². The molecule has 0 aromatic carbocycles. The molecular weight excluding hydrogens is 156 g/mol. The highest BCUT2D eigenvalue weighted by Crippen LogP contribution is 2.21. The second-order valence-corrected chi connectivity index (χ2v) is 2.74. The summed E-state index contributed by atoms with van der Waals surface area (Å²) in [5.74, 6) is 0.655. The monoisotopic (exact) mass is 166 g/mol. The van der Waals surface area contributed by atoms with Crippen LogP contribution in [-0.2, 0) is 0 Å². The summed E-state index contributed by atoms with van der Waals surface area (Å²) < 4.78 is 0. The molecule has 64 valence electrons. The van der Waals surface area contributed by atoms with E-state index < -0.39 is 0 Å². The largest absolute Gasteiger partial charge is 0.379 e. The fraction of sp³-hybridized carbons (Fsp3) is 0.429. The number of aromatic nitrogens is 2. The van der Waals surface area contributed by atoms with Crippen molar-refractivity contribution in [2.24, 2.45) is 0 Å². The van der Waals surface area contributed by atoms with Crippen LogP contribution >= 0.6 is 0 Å². The summed E-state index contributed by atoms with van der Waals surface area (Å²) in [7, 11) is 0. The first-order valence-electron chi connectivity index (χ1n) is 3.86. The van der Waals surface area contributed by atoms with Gasteiger partial charge in [-0.3, -0.25) is 0 Å². The zero-order valence-electron chi connectivity index (χ0n) is 6.77. The number of aromatic amines is 1. The van der Waals surface area contributed by atoms with Crippen molar-refractivity contribution in [3.05, 3.63) is 16.2 Å². The topological polar surface area (TPSA) is 69.8 Å². The number of nitrogens with one attached hydrogen (secondary N) is 3. The Labute approximate surface area is 69.2 Å². The van der Waals surface area contributed by atoms with Gasteiger partial charge in [-0.1, -0.05) is 0 Å². The number of hydrogen-bond acceptors (Lipinski definition) is 4. The molecule has 2 heterocycles. The molecule has 0 saturated heterocycles. The van der Waals surface area contributed by atoms with E-state index in [4.69, 9.17) is 0 Å². The lowest BCUT2D eigenvalue weighted by atomic mass is 10.3. The Kier molecular flexibility index (Phi) is 1.49. The van der Waals surface area contributed by atoms with Crippen molar-refractivity contribution >= 4 is 11.5 Å². The molecule has 12 heavy (non-hydrogen) atoms. The van der Waals surface area contributed by atoms with Gasteiger partial charge in [0.25, 0.3) is 0 Å². The molecule has 1 aromatic heterocycles. The maximum absolute atomic E-state index is 10.9. The van der Waals surface area contributed by atoms with Gasteiger partial charge in [-0.25, -0.2) is 4.79 Å². The number of hydrogen-bond donors (Lipinski definition) is 3. The second-order valence-electron chi connectivity index (χ2n) is 2.74. The van der Waals surface area contributed by atoms with Gasteiger partial charge in [0, 0.05) is 18.8 Å². The highest BCUT2D eigenvalue weighted by Gasteiger charge is 2.11. The number of anilines is 2. The molecule has 2 rings (SSSR count). The van der Waals surface area contributed by atoms with E-state index in [0.717, 1.165) is 24.5 Å². The highest BCUT2D eigenvalue weighted by atomic mass is 16.1. The van der Waals surface area contributed by atoms with Gasteiger partial charge in [-0.15, -0.1) is 0 Å². The van der Waals surface area contributed by atoms with Crippen molar-refractivity contribution in [1.29, 1.82) is 0 Å². The molecule has 3 N–H and O–H groups in total. The molecule has 5 heteroatoms. The lowest BCUT2D eigenvalue weighted by Crippen LogP contribution is -2.26. The Balaban J connectivity index is 2.60. The molecule has 1 aliphatic rings. The van der Waals surface area contributed by atoms with E-state index >= 15 is 0 Å². The number of aryl methyl sites for hydroxylation is 1. The molecule has 0 aliphatic carbocycles. The summed E-state index contributed by atoms with van der Waals surface area (Å²) in [6.07, 6.45) is 0. The number of H-pyrrole nitrogens is 1. The predicted octanol–water partition coefficient (Wildman–Crippen LogP) is -0.0843. The van der Waals surface area contributed by atoms with Gasteiger partial charge in [-0.2, -0.15) is 4.98 Å². The third kappa shape index (κ3) is 1.03. The molecular formula is C7H10N4O. The lowest BCUT2D eigenvalue weighted by molar-refractivity contribution is 0.952. The van der Waals surface area contributed by atoms with Crippen molar-refractivity contribution in [2.75, 3.05) is 23.7 Å². The SMILES string of the molecule is Cc1[nH]c(=O)nc2c1NCCN2. The maximum Gasteiger partial charge on any atom is 0.347 e. The number of rotatable bonds is 0. The zero-order chi connectivity index (χ0) is 8.55. The third-order valence-electron chi connectivity index (χ3n) is 1.84. The quantitative estimate of drug-likeness (QED) is 0.504. The van der Waals surface area contributed by atoms with Crippen molar-refractivity contribution in [2.45, 2.75) is 6.92 Å². The first-order chi connectivity index (χ1) is 5.77. The fourth-order valence-corrected chi connectivity index (χ4v) is 1.30. The molecule has 0 amide bonds. The zero-order valence-corrected chi connectivity index (χ0v) is 6.77. The normalized spacial score (nSPS) is 14.4. The van der Waals surface area contributed by atoms with Crippen LogP contribution < -0.4 is 16.3 Å². The van der Waals surface area contributed by atoms with Gasteiger partial charge in [0.15, 0.2) is 5.82 Å². The molecule has 1 aliphatic heterocycles. The second kappa shape index (κ2) is 2.51.